The molecule has 7 rings (SSSR count). The average Bonchev–Trinajstić information content (AvgIpc) is 2.97. The third kappa shape index (κ3) is 5.02. The number of ketones is 2. The van der Waals surface area contributed by atoms with Crippen LogP contribution in [0.25, 0.3) is 6.08 Å². The first-order valence-electron chi connectivity index (χ1n) is 16.6. The highest BCUT2D eigenvalue weighted by molar-refractivity contribution is 6.19. The summed E-state index contributed by atoms with van der Waals surface area (Å²) in [6.07, 6.45) is 14.0. The van der Waals surface area contributed by atoms with Crippen LogP contribution < -0.4 is 9.47 Å². The van der Waals surface area contributed by atoms with Gasteiger partial charge in [-0.1, -0.05) is 35.5 Å². The molecule has 3 aliphatic carbocycles. The van der Waals surface area contributed by atoms with E-state index in [0.717, 1.165) is 12.0 Å². The number of carboxylic acid groups (broad SMARTS) is 1. The number of ether oxygens (including phenoxy) is 3. The van der Waals surface area contributed by atoms with Crippen LogP contribution in [0, 0.1) is 11.8 Å². The molecule has 2 fully saturated rings. The van der Waals surface area contributed by atoms with E-state index >= 15 is 0 Å². The minimum atomic E-state index is -1.64. The number of aromatic hydroxyl groups is 1. The molecule has 3 heterocycles. The molecule has 1 saturated heterocycles. The van der Waals surface area contributed by atoms with Gasteiger partial charge in [0.25, 0.3) is 0 Å². The molecule has 47 heavy (non-hydrogen) atoms. The van der Waals surface area contributed by atoms with Gasteiger partial charge in [0.15, 0.2) is 22.8 Å². The van der Waals surface area contributed by atoms with Crippen molar-refractivity contribution >= 4 is 23.6 Å². The number of allylic oxidation sites excluding steroid dienone is 5. The standard InChI is InChI=1S/C39H46O8/c1-21(2)10-9-15-37(8)16-14-26-30(40)29-31(41)28-19-24-18-25-20-36(6,7)47-38(34(24)42,17-13-23(5)35(43)44)39(25,28)46-33(29)27(32(26)45-37)12-11-22(3)4/h10-11,13-14,16,19,24-25,40H,9,12,15,17-18,20H2,1-8H3,(H,43,44)/b23-13-/t24-,25?,37+,38-,39-/m0/s1. The molecule has 0 amide bonds. The Kier molecular flexibility index (Phi) is 7.78. The molecule has 0 aromatic heterocycles. The number of phenolic OH excluding ortho intramolecular Hbond substituents is 1. The number of benzene rings is 1. The first-order valence-corrected chi connectivity index (χ1v) is 16.6. The van der Waals surface area contributed by atoms with Gasteiger partial charge in [0.05, 0.1) is 11.2 Å². The minimum absolute atomic E-state index is 0.0592. The molecular formula is C39H46O8. The first-order chi connectivity index (χ1) is 22.0. The molecule has 4 bridgehead atoms. The molecule has 8 nitrogen and oxygen atoms in total. The van der Waals surface area contributed by atoms with Crippen LogP contribution >= 0.6 is 0 Å². The Hall–Kier alpha value is -3.91. The van der Waals surface area contributed by atoms with Crippen molar-refractivity contribution < 1.29 is 38.8 Å². The van der Waals surface area contributed by atoms with Gasteiger partial charge in [-0.05, 0) is 99.6 Å². The quantitative estimate of drug-likeness (QED) is 0.220. The molecule has 1 aromatic carbocycles. The zero-order valence-corrected chi connectivity index (χ0v) is 28.7. The molecule has 0 radical (unpaired) electrons. The Morgan fingerprint density at radius 1 is 1.00 bits per heavy atom. The number of carbonyl (C=O) groups excluding carboxylic acids is 2. The number of rotatable bonds is 8. The van der Waals surface area contributed by atoms with E-state index in [1.807, 2.05) is 52.8 Å². The molecule has 3 aliphatic heterocycles. The van der Waals surface area contributed by atoms with E-state index in [1.54, 1.807) is 6.08 Å². The largest absolute Gasteiger partial charge is 0.506 e. The predicted molar refractivity (Wildman–Crippen MR) is 179 cm³/mol. The van der Waals surface area contributed by atoms with Crippen molar-refractivity contribution in [2.75, 3.05) is 0 Å². The van der Waals surface area contributed by atoms with Gasteiger partial charge in [0.1, 0.15) is 28.4 Å². The Labute approximate surface area is 276 Å². The number of phenols is 1. The Morgan fingerprint density at radius 2 is 1.70 bits per heavy atom. The fraction of sp³-hybridized carbons (Fsp3) is 0.513. The summed E-state index contributed by atoms with van der Waals surface area (Å²) < 4.78 is 20.7. The van der Waals surface area contributed by atoms with Gasteiger partial charge < -0.3 is 24.4 Å². The average molecular weight is 643 g/mol. The summed E-state index contributed by atoms with van der Waals surface area (Å²) in [7, 11) is 0. The monoisotopic (exact) mass is 642 g/mol. The van der Waals surface area contributed by atoms with Crippen LogP contribution in [-0.4, -0.2) is 50.2 Å². The summed E-state index contributed by atoms with van der Waals surface area (Å²) in [5.41, 5.74) is -0.801. The molecule has 1 spiro atoms. The van der Waals surface area contributed by atoms with Crippen LogP contribution in [0.5, 0.6) is 17.2 Å². The normalized spacial score (nSPS) is 31.1. The van der Waals surface area contributed by atoms with Crippen LogP contribution in [0.1, 0.15) is 109 Å². The van der Waals surface area contributed by atoms with Crippen LogP contribution in [0.2, 0.25) is 0 Å². The topological polar surface area (TPSA) is 119 Å². The zero-order valence-electron chi connectivity index (χ0n) is 28.7. The van der Waals surface area contributed by atoms with Crippen molar-refractivity contribution in [1.82, 2.24) is 0 Å². The number of Topliss-reactive ketones (excluding diaryl/α,β-unsaturated/α-hetero) is 2. The SMILES string of the molecule is CC(C)=CCC[C@]1(C)C=Cc2c(O)c3c(c(CC=C(C)C)c2O1)O[C@]12C(=C[C@@H]4CC1CC(C)(C)O[C@@]2(C/C=C(/C)C(=O)O)C4=O)C3=O. The zero-order chi connectivity index (χ0) is 34.3. The Bertz CT molecular complexity index is 1740. The summed E-state index contributed by atoms with van der Waals surface area (Å²) in [6.45, 7) is 15.4. The molecule has 1 unspecified atom stereocenters. The van der Waals surface area contributed by atoms with Crippen LogP contribution in [-0.2, 0) is 20.7 Å². The highest BCUT2D eigenvalue weighted by atomic mass is 16.6. The lowest BCUT2D eigenvalue weighted by atomic mass is 9.48. The van der Waals surface area contributed by atoms with E-state index in [4.69, 9.17) is 14.2 Å². The second-order valence-corrected chi connectivity index (χ2v) is 15.3. The molecule has 1 saturated carbocycles. The molecule has 2 N–H and O–H groups in total. The fourth-order valence-corrected chi connectivity index (χ4v) is 8.36. The lowest BCUT2D eigenvalue weighted by Crippen LogP contribution is -2.80. The molecule has 5 atom stereocenters. The molecule has 250 valence electrons. The van der Waals surface area contributed by atoms with Crippen LogP contribution in [0.4, 0.5) is 0 Å². The summed E-state index contributed by atoms with van der Waals surface area (Å²) >= 11 is 0. The first kappa shape index (κ1) is 33.0. The Morgan fingerprint density at radius 3 is 2.36 bits per heavy atom. The number of carbonyl (C=O) groups is 3. The lowest BCUT2D eigenvalue weighted by Gasteiger charge is -2.66. The van der Waals surface area contributed by atoms with Crippen molar-refractivity contribution in [3.8, 4) is 17.2 Å². The lowest BCUT2D eigenvalue weighted by molar-refractivity contribution is -0.275. The van der Waals surface area contributed by atoms with E-state index in [1.165, 1.54) is 18.6 Å². The predicted octanol–water partition coefficient (Wildman–Crippen LogP) is 7.63. The highest BCUT2D eigenvalue weighted by Crippen LogP contribution is 2.66. The maximum atomic E-state index is 14.8. The van der Waals surface area contributed by atoms with Crippen LogP contribution in [0.3, 0.4) is 0 Å². The van der Waals surface area contributed by atoms with Gasteiger partial charge in [0.2, 0.25) is 0 Å². The van der Waals surface area contributed by atoms with Gasteiger partial charge in [-0.3, -0.25) is 9.59 Å². The smallest absolute Gasteiger partial charge is 0.330 e. The summed E-state index contributed by atoms with van der Waals surface area (Å²) in [4.78, 5) is 41.1. The molecular weight excluding hydrogens is 596 g/mol. The third-order valence-electron chi connectivity index (χ3n) is 10.5. The maximum Gasteiger partial charge on any atom is 0.330 e. The van der Waals surface area contributed by atoms with Crippen molar-refractivity contribution in [3.63, 3.8) is 0 Å². The number of fused-ring (bicyclic) bond motifs is 2. The molecule has 6 aliphatic rings. The highest BCUT2D eigenvalue weighted by Gasteiger charge is 2.77. The maximum absolute atomic E-state index is 14.8. The van der Waals surface area contributed by atoms with Gasteiger partial charge in [-0.15, -0.1) is 0 Å². The van der Waals surface area contributed by atoms with E-state index in [2.05, 4.69) is 19.9 Å². The van der Waals surface area contributed by atoms with Crippen molar-refractivity contribution in [2.24, 2.45) is 11.8 Å². The molecule has 8 heteroatoms. The number of hydrogen-bond acceptors (Lipinski definition) is 7. The third-order valence-corrected chi connectivity index (χ3v) is 10.5. The van der Waals surface area contributed by atoms with Crippen molar-refractivity contribution in [3.05, 3.63) is 69.4 Å². The Balaban J connectivity index is 1.59. The summed E-state index contributed by atoms with van der Waals surface area (Å²) in [6, 6.07) is 0. The van der Waals surface area contributed by atoms with Crippen LogP contribution in [0.15, 0.2) is 52.7 Å². The van der Waals surface area contributed by atoms with Crippen molar-refractivity contribution in [2.45, 2.75) is 116 Å². The number of aliphatic carboxylic acids is 1. The summed E-state index contributed by atoms with van der Waals surface area (Å²) in [5.74, 6) is -2.13. The number of hydrogen-bond donors (Lipinski definition) is 2. The van der Waals surface area contributed by atoms with Gasteiger partial charge in [-0.25, -0.2) is 4.79 Å². The van der Waals surface area contributed by atoms with E-state index in [-0.39, 0.29) is 40.8 Å². The van der Waals surface area contributed by atoms with E-state index in [0.29, 0.717) is 48.1 Å². The van der Waals surface area contributed by atoms with E-state index in [9.17, 15) is 24.6 Å². The van der Waals surface area contributed by atoms with Gasteiger partial charge in [0, 0.05) is 35.0 Å². The molecule has 1 aromatic rings. The van der Waals surface area contributed by atoms with Gasteiger partial charge >= 0.3 is 5.97 Å². The fourth-order valence-electron chi connectivity index (χ4n) is 8.36. The van der Waals surface area contributed by atoms with E-state index < -0.39 is 40.1 Å². The second-order valence-electron chi connectivity index (χ2n) is 15.3. The van der Waals surface area contributed by atoms with Gasteiger partial charge in [-0.2, -0.15) is 0 Å². The van der Waals surface area contributed by atoms with Crippen molar-refractivity contribution in [1.29, 1.82) is 0 Å². The number of carboxylic acids is 1. The minimum Gasteiger partial charge on any atom is -0.506 e. The second kappa shape index (κ2) is 11.1. The summed E-state index contributed by atoms with van der Waals surface area (Å²) in [5, 5.41) is 21.5.